The van der Waals surface area contributed by atoms with Crippen LogP contribution in [0.5, 0.6) is 0 Å². The Kier molecular flexibility index (Phi) is 4.67. The van der Waals surface area contributed by atoms with E-state index in [-0.39, 0.29) is 24.6 Å². The van der Waals surface area contributed by atoms with E-state index in [1.54, 1.807) is 11.1 Å². The molecular formula is C18H18N2O5. The summed E-state index contributed by atoms with van der Waals surface area (Å²) in [6.07, 6.45) is 1.68. The zero-order valence-electron chi connectivity index (χ0n) is 14.2. The van der Waals surface area contributed by atoms with Crippen molar-refractivity contribution in [1.82, 2.24) is 4.98 Å². The molecule has 1 aliphatic rings. The minimum atomic E-state index is -0.629. The van der Waals surface area contributed by atoms with Gasteiger partial charge in [-0.15, -0.1) is 0 Å². The zero-order valence-corrected chi connectivity index (χ0v) is 14.2. The number of anilines is 1. The van der Waals surface area contributed by atoms with Crippen LogP contribution in [0.15, 0.2) is 41.7 Å². The number of carbonyl (C=O) groups excluding carboxylic acids is 2. The first-order chi connectivity index (χ1) is 12.1. The number of nitrogens with zero attached hydrogens (tertiary/aromatic N) is 2. The highest BCUT2D eigenvalue weighted by molar-refractivity contribution is 6.05. The molecule has 3 rings (SSSR count). The Morgan fingerprint density at radius 3 is 2.64 bits per heavy atom. The van der Waals surface area contributed by atoms with Gasteiger partial charge >= 0.3 is 11.9 Å². The summed E-state index contributed by atoms with van der Waals surface area (Å²) in [5.41, 5.74) is 2.52. The van der Waals surface area contributed by atoms with Crippen LogP contribution in [0.25, 0.3) is 10.9 Å². The van der Waals surface area contributed by atoms with Crippen LogP contribution in [-0.2, 0) is 23.8 Å². The predicted octanol–water partition coefficient (Wildman–Crippen LogP) is 1.94. The first-order valence-electron chi connectivity index (χ1n) is 7.68. The summed E-state index contributed by atoms with van der Waals surface area (Å²) in [5, 5.41) is 0.914. The molecule has 0 amide bonds. The minimum Gasteiger partial charge on any atom is -0.466 e. The van der Waals surface area contributed by atoms with Gasteiger partial charge in [-0.05, 0) is 18.6 Å². The zero-order chi connectivity index (χ0) is 18.0. The second-order valence-electron chi connectivity index (χ2n) is 5.52. The van der Waals surface area contributed by atoms with Gasteiger partial charge in [0, 0.05) is 11.6 Å². The molecule has 7 heteroatoms. The van der Waals surface area contributed by atoms with Gasteiger partial charge in [0.25, 0.3) is 0 Å². The Hall–Kier alpha value is -2.93. The van der Waals surface area contributed by atoms with Crippen LogP contribution in [-0.4, -0.2) is 44.5 Å². The third kappa shape index (κ3) is 2.94. The van der Waals surface area contributed by atoms with E-state index in [2.05, 4.69) is 4.98 Å². The highest BCUT2D eigenvalue weighted by Crippen LogP contribution is 2.34. The highest BCUT2D eigenvalue weighted by Gasteiger charge is 2.33. The molecule has 7 nitrogen and oxygen atoms in total. The average Bonchev–Trinajstić information content (AvgIpc) is 2.66. The van der Waals surface area contributed by atoms with Crippen molar-refractivity contribution < 1.29 is 23.8 Å². The molecule has 0 spiro atoms. The minimum absolute atomic E-state index is 0.0230. The lowest BCUT2D eigenvalue weighted by Crippen LogP contribution is -2.39. The molecule has 0 saturated heterocycles. The van der Waals surface area contributed by atoms with Gasteiger partial charge in [-0.1, -0.05) is 18.2 Å². The predicted molar refractivity (Wildman–Crippen MR) is 90.8 cm³/mol. The average molecular weight is 342 g/mol. The number of ether oxygens (including phenoxy) is 3. The molecule has 0 radical (unpaired) electrons. The molecule has 1 aliphatic heterocycles. The lowest BCUT2D eigenvalue weighted by atomic mass is 10.1. The van der Waals surface area contributed by atoms with Crippen molar-refractivity contribution in [2.24, 2.45) is 0 Å². The fourth-order valence-corrected chi connectivity index (χ4v) is 2.89. The number of benzene rings is 1. The summed E-state index contributed by atoms with van der Waals surface area (Å²) in [6.45, 7) is 1.98. The molecule has 0 fully saturated rings. The molecule has 130 valence electrons. The number of hydrogen-bond acceptors (Lipinski definition) is 7. The van der Waals surface area contributed by atoms with E-state index in [1.165, 1.54) is 14.2 Å². The third-order valence-corrected chi connectivity index (χ3v) is 4.05. The monoisotopic (exact) mass is 342 g/mol. The Balaban J connectivity index is 2.26. The fraction of sp³-hybridized carbons (Fsp3) is 0.278. The van der Waals surface area contributed by atoms with Crippen molar-refractivity contribution in [1.29, 1.82) is 0 Å². The molecule has 2 heterocycles. The third-order valence-electron chi connectivity index (χ3n) is 4.05. The molecule has 0 aliphatic carbocycles. The SMILES string of the molecule is COC(=O)C1=C(C(=O)OC)N(c2c(C)ccc3cccnc23)COC1. The summed E-state index contributed by atoms with van der Waals surface area (Å²) < 4.78 is 15.2. The highest BCUT2D eigenvalue weighted by atomic mass is 16.5. The molecule has 25 heavy (non-hydrogen) atoms. The van der Waals surface area contributed by atoms with E-state index in [4.69, 9.17) is 14.2 Å². The first-order valence-corrected chi connectivity index (χ1v) is 7.68. The maximum Gasteiger partial charge on any atom is 0.355 e. The lowest BCUT2D eigenvalue weighted by molar-refractivity contribution is -0.140. The van der Waals surface area contributed by atoms with Gasteiger partial charge in [0.1, 0.15) is 12.4 Å². The summed E-state index contributed by atoms with van der Waals surface area (Å²) in [5.74, 6) is -1.26. The van der Waals surface area contributed by atoms with Gasteiger partial charge in [-0.25, -0.2) is 9.59 Å². The standard InChI is InChI=1S/C18H18N2O5/c1-11-6-7-12-5-4-8-19-14(12)15(11)20-10-25-9-13(17(21)23-2)16(20)18(22)24-3/h4-8H,9-10H2,1-3H3. The topological polar surface area (TPSA) is 78.0 Å². The van der Waals surface area contributed by atoms with Crippen LogP contribution in [0.4, 0.5) is 5.69 Å². The van der Waals surface area contributed by atoms with Crippen LogP contribution in [0.1, 0.15) is 5.56 Å². The molecule has 0 bridgehead atoms. The van der Waals surface area contributed by atoms with Gasteiger partial charge in [0.15, 0.2) is 0 Å². The number of rotatable bonds is 3. The van der Waals surface area contributed by atoms with E-state index < -0.39 is 11.9 Å². The molecule has 0 N–H and O–H groups in total. The summed E-state index contributed by atoms with van der Waals surface area (Å²) in [7, 11) is 2.53. The lowest BCUT2D eigenvalue weighted by Gasteiger charge is -2.32. The number of aryl methyl sites for hydroxylation is 1. The summed E-state index contributed by atoms with van der Waals surface area (Å²) in [6, 6.07) is 7.65. The molecule has 0 atom stereocenters. The van der Waals surface area contributed by atoms with Crippen molar-refractivity contribution >= 4 is 28.5 Å². The number of carbonyl (C=O) groups is 2. The molecular weight excluding hydrogens is 324 g/mol. The number of esters is 2. The van der Waals surface area contributed by atoms with Gasteiger partial charge in [-0.3, -0.25) is 4.98 Å². The number of hydrogen-bond donors (Lipinski definition) is 0. The fourth-order valence-electron chi connectivity index (χ4n) is 2.89. The van der Waals surface area contributed by atoms with Crippen LogP contribution >= 0.6 is 0 Å². The number of methoxy groups -OCH3 is 2. The Morgan fingerprint density at radius 1 is 1.16 bits per heavy atom. The van der Waals surface area contributed by atoms with Gasteiger partial charge in [-0.2, -0.15) is 0 Å². The quantitative estimate of drug-likeness (QED) is 0.789. The van der Waals surface area contributed by atoms with E-state index >= 15 is 0 Å². The summed E-state index contributed by atoms with van der Waals surface area (Å²) in [4.78, 5) is 30.6. The van der Waals surface area contributed by atoms with Crippen molar-refractivity contribution in [3.63, 3.8) is 0 Å². The van der Waals surface area contributed by atoms with E-state index in [0.29, 0.717) is 11.2 Å². The second kappa shape index (κ2) is 6.90. The van der Waals surface area contributed by atoms with Gasteiger partial charge in [0.05, 0.1) is 37.6 Å². The molecule has 1 aromatic carbocycles. The Bertz CT molecular complexity index is 875. The molecule has 0 saturated carbocycles. The smallest absolute Gasteiger partial charge is 0.355 e. The summed E-state index contributed by atoms with van der Waals surface area (Å²) >= 11 is 0. The number of aromatic nitrogens is 1. The Morgan fingerprint density at radius 2 is 1.92 bits per heavy atom. The van der Waals surface area contributed by atoms with Crippen molar-refractivity contribution in [2.75, 3.05) is 32.5 Å². The van der Waals surface area contributed by atoms with Crippen molar-refractivity contribution in [3.8, 4) is 0 Å². The largest absolute Gasteiger partial charge is 0.466 e. The van der Waals surface area contributed by atoms with Crippen LogP contribution in [0.3, 0.4) is 0 Å². The van der Waals surface area contributed by atoms with Crippen LogP contribution in [0.2, 0.25) is 0 Å². The maximum absolute atomic E-state index is 12.4. The van der Waals surface area contributed by atoms with Crippen molar-refractivity contribution in [2.45, 2.75) is 6.92 Å². The molecule has 1 aromatic heterocycles. The van der Waals surface area contributed by atoms with E-state index in [9.17, 15) is 9.59 Å². The normalized spacial score (nSPS) is 14.6. The number of pyridine rings is 1. The maximum atomic E-state index is 12.4. The first kappa shape index (κ1) is 16.9. The number of fused-ring (bicyclic) bond motifs is 1. The van der Waals surface area contributed by atoms with E-state index in [0.717, 1.165) is 10.9 Å². The molecule has 2 aromatic rings. The van der Waals surface area contributed by atoms with Crippen molar-refractivity contribution in [3.05, 3.63) is 47.3 Å². The Labute approximate surface area is 144 Å². The van der Waals surface area contributed by atoms with Crippen LogP contribution in [0, 0.1) is 6.92 Å². The second-order valence-corrected chi connectivity index (χ2v) is 5.52. The van der Waals surface area contributed by atoms with E-state index in [1.807, 2.05) is 31.2 Å². The van der Waals surface area contributed by atoms with Gasteiger partial charge in [0.2, 0.25) is 0 Å². The van der Waals surface area contributed by atoms with Crippen LogP contribution < -0.4 is 4.90 Å². The molecule has 0 unspecified atom stereocenters. The van der Waals surface area contributed by atoms with Gasteiger partial charge < -0.3 is 19.1 Å².